The number of amides is 1. The predicted octanol–water partition coefficient (Wildman–Crippen LogP) is 5.58. The van der Waals surface area contributed by atoms with Crippen LogP contribution in [0.1, 0.15) is 21.5 Å². The Morgan fingerprint density at radius 3 is 2.48 bits per heavy atom. The van der Waals surface area contributed by atoms with Crippen molar-refractivity contribution in [1.29, 1.82) is 0 Å². The van der Waals surface area contributed by atoms with Crippen molar-refractivity contribution in [2.75, 3.05) is 0 Å². The molecule has 0 saturated heterocycles. The van der Waals surface area contributed by atoms with Crippen LogP contribution < -0.4 is 10.2 Å². The van der Waals surface area contributed by atoms with E-state index in [0.717, 1.165) is 27.0 Å². The molecule has 4 rings (SSSR count). The summed E-state index contributed by atoms with van der Waals surface area (Å²) in [6, 6.07) is 26.9. The van der Waals surface area contributed by atoms with Gasteiger partial charge in [0, 0.05) is 12.4 Å². The highest BCUT2D eigenvalue weighted by atomic mass is 79.9. The maximum Gasteiger partial charge on any atom is 0.273 e. The molecule has 3 aromatic carbocycles. The third-order valence-electron chi connectivity index (χ3n) is 4.60. The molecule has 4 aromatic rings. The first-order chi connectivity index (χ1) is 15.2. The molecule has 1 aromatic heterocycles. The summed E-state index contributed by atoms with van der Waals surface area (Å²) in [6.45, 7) is 0.490. The maximum atomic E-state index is 12.6. The molecule has 31 heavy (non-hydrogen) atoms. The van der Waals surface area contributed by atoms with Crippen molar-refractivity contribution < 1.29 is 9.53 Å². The Balaban J connectivity index is 1.39. The highest BCUT2D eigenvalue weighted by Gasteiger charge is 2.11. The monoisotopic (exact) mass is 473 g/mol. The smallest absolute Gasteiger partial charge is 0.273 e. The number of nitrogens with zero attached hydrogens (tertiary/aromatic N) is 2. The average Bonchev–Trinajstić information content (AvgIpc) is 3.34. The molecule has 154 valence electrons. The van der Waals surface area contributed by atoms with Gasteiger partial charge in [-0.25, -0.2) is 5.43 Å². The second-order valence-corrected chi connectivity index (χ2v) is 7.63. The van der Waals surface area contributed by atoms with Gasteiger partial charge in [-0.3, -0.25) is 4.79 Å². The summed E-state index contributed by atoms with van der Waals surface area (Å²) in [5.41, 5.74) is 5.87. The lowest BCUT2D eigenvalue weighted by molar-refractivity contribution is 0.0955. The Bertz CT molecular complexity index is 1190. The fourth-order valence-electron chi connectivity index (χ4n) is 3.06. The van der Waals surface area contributed by atoms with E-state index in [-0.39, 0.29) is 5.91 Å². The second kappa shape index (κ2) is 9.91. The molecular weight excluding hydrogens is 454 g/mol. The zero-order valence-corrected chi connectivity index (χ0v) is 18.2. The van der Waals surface area contributed by atoms with Crippen molar-refractivity contribution in [2.24, 2.45) is 5.10 Å². The van der Waals surface area contributed by atoms with E-state index in [4.69, 9.17) is 4.74 Å². The van der Waals surface area contributed by atoms with Gasteiger partial charge < -0.3 is 9.30 Å². The summed E-state index contributed by atoms with van der Waals surface area (Å²) in [4.78, 5) is 12.6. The molecule has 0 unspecified atom stereocenters. The Kier molecular flexibility index (Phi) is 6.59. The number of hydrazone groups is 1. The summed E-state index contributed by atoms with van der Waals surface area (Å²) >= 11 is 3.53. The predicted molar refractivity (Wildman–Crippen MR) is 126 cm³/mol. The molecule has 1 amide bonds. The quantitative estimate of drug-likeness (QED) is 0.281. The molecule has 0 spiro atoms. The van der Waals surface area contributed by atoms with Crippen LogP contribution in [-0.2, 0) is 6.61 Å². The van der Waals surface area contributed by atoms with E-state index >= 15 is 0 Å². The molecule has 0 aliphatic heterocycles. The molecular formula is C25H20BrN3O2. The first-order valence-corrected chi connectivity index (χ1v) is 10.5. The van der Waals surface area contributed by atoms with Crippen molar-refractivity contribution in [1.82, 2.24) is 9.99 Å². The Morgan fingerprint density at radius 2 is 1.71 bits per heavy atom. The number of hydrogen-bond donors (Lipinski definition) is 1. The molecule has 0 radical (unpaired) electrons. The van der Waals surface area contributed by atoms with Gasteiger partial charge in [-0.1, -0.05) is 42.5 Å². The van der Waals surface area contributed by atoms with Gasteiger partial charge in [0.1, 0.15) is 12.4 Å². The number of rotatable bonds is 7. The van der Waals surface area contributed by atoms with Gasteiger partial charge in [0.25, 0.3) is 5.91 Å². The van der Waals surface area contributed by atoms with Crippen LogP contribution in [-0.4, -0.2) is 16.7 Å². The molecule has 0 saturated carbocycles. The summed E-state index contributed by atoms with van der Waals surface area (Å²) in [5.74, 6) is 0.466. The minimum Gasteiger partial charge on any atom is -0.488 e. The maximum absolute atomic E-state index is 12.6. The molecule has 0 bridgehead atoms. The van der Waals surface area contributed by atoms with Crippen molar-refractivity contribution in [3.8, 4) is 11.4 Å². The number of nitrogens with one attached hydrogen (secondary N) is 1. The van der Waals surface area contributed by atoms with Crippen LogP contribution in [0.4, 0.5) is 0 Å². The molecule has 0 aliphatic rings. The van der Waals surface area contributed by atoms with Gasteiger partial charge in [-0.15, -0.1) is 0 Å². The highest BCUT2D eigenvalue weighted by Crippen LogP contribution is 2.26. The third kappa shape index (κ3) is 5.29. The van der Waals surface area contributed by atoms with E-state index in [0.29, 0.717) is 12.2 Å². The minimum absolute atomic E-state index is 0.276. The summed E-state index contributed by atoms with van der Waals surface area (Å²) < 4.78 is 8.57. The average molecular weight is 474 g/mol. The van der Waals surface area contributed by atoms with Gasteiger partial charge in [-0.05, 0) is 69.5 Å². The van der Waals surface area contributed by atoms with E-state index < -0.39 is 0 Å². The Labute approximate surface area is 189 Å². The number of aromatic nitrogens is 1. The van der Waals surface area contributed by atoms with E-state index in [2.05, 4.69) is 26.5 Å². The molecule has 1 N–H and O–H groups in total. The minimum atomic E-state index is -0.276. The molecule has 1 heterocycles. The number of halogens is 1. The highest BCUT2D eigenvalue weighted by molar-refractivity contribution is 9.10. The number of benzene rings is 3. The van der Waals surface area contributed by atoms with Crippen molar-refractivity contribution >= 4 is 28.1 Å². The molecule has 0 aliphatic carbocycles. The number of hydrogen-bond acceptors (Lipinski definition) is 3. The zero-order valence-electron chi connectivity index (χ0n) is 16.6. The fraction of sp³-hybridized carbons (Fsp3) is 0.0400. The van der Waals surface area contributed by atoms with Gasteiger partial charge in [-0.2, -0.15) is 5.10 Å². The van der Waals surface area contributed by atoms with Gasteiger partial charge in [0.15, 0.2) is 0 Å². The van der Waals surface area contributed by atoms with E-state index in [1.165, 1.54) is 0 Å². The number of ether oxygens (including phenoxy) is 1. The molecule has 5 nitrogen and oxygen atoms in total. The SMILES string of the molecule is O=C(N/N=C/c1ccc(OCc2ccccc2)c(Br)c1)c1ccccc1-n1cccc1. The van der Waals surface area contributed by atoms with E-state index in [9.17, 15) is 4.79 Å². The lowest BCUT2D eigenvalue weighted by atomic mass is 10.1. The summed E-state index contributed by atoms with van der Waals surface area (Å²) in [5, 5.41) is 4.11. The van der Waals surface area contributed by atoms with Gasteiger partial charge in [0.05, 0.1) is 21.9 Å². The lowest BCUT2D eigenvalue weighted by Crippen LogP contribution is -2.19. The summed E-state index contributed by atoms with van der Waals surface area (Å²) in [6.07, 6.45) is 5.39. The van der Waals surface area contributed by atoms with Crippen LogP contribution >= 0.6 is 15.9 Å². The molecule has 0 fully saturated rings. The Morgan fingerprint density at radius 1 is 0.968 bits per heavy atom. The van der Waals surface area contributed by atoms with Gasteiger partial charge >= 0.3 is 0 Å². The van der Waals surface area contributed by atoms with Crippen LogP contribution in [0.2, 0.25) is 0 Å². The standard InChI is InChI=1S/C25H20BrN3O2/c26-22-16-20(12-13-24(22)31-18-19-8-2-1-3-9-19)17-27-28-25(30)21-10-4-5-11-23(21)29-14-6-7-15-29/h1-17H,18H2,(H,28,30)/b27-17+. The number of carbonyl (C=O) groups excluding carboxylic acids is 1. The van der Waals surface area contributed by atoms with E-state index in [1.807, 2.05) is 95.8 Å². The van der Waals surface area contributed by atoms with Gasteiger partial charge in [0.2, 0.25) is 0 Å². The fourth-order valence-corrected chi connectivity index (χ4v) is 3.57. The Hall–Kier alpha value is -3.64. The first-order valence-electron chi connectivity index (χ1n) is 9.73. The van der Waals surface area contributed by atoms with Crippen LogP contribution in [0.15, 0.2) is 107 Å². The molecule has 0 atom stereocenters. The van der Waals surface area contributed by atoms with E-state index in [1.54, 1.807) is 12.3 Å². The summed E-state index contributed by atoms with van der Waals surface area (Å²) in [7, 11) is 0. The normalized spacial score (nSPS) is 10.9. The van der Waals surface area contributed by atoms with Crippen LogP contribution in [0, 0.1) is 0 Å². The largest absolute Gasteiger partial charge is 0.488 e. The zero-order chi connectivity index (χ0) is 21.5. The third-order valence-corrected chi connectivity index (χ3v) is 5.22. The topological polar surface area (TPSA) is 55.6 Å². The lowest BCUT2D eigenvalue weighted by Gasteiger charge is -2.09. The van der Waals surface area contributed by atoms with Crippen LogP contribution in [0.3, 0.4) is 0 Å². The van der Waals surface area contributed by atoms with Crippen molar-refractivity contribution in [2.45, 2.75) is 6.61 Å². The van der Waals surface area contributed by atoms with Crippen molar-refractivity contribution in [3.63, 3.8) is 0 Å². The number of para-hydroxylation sites is 1. The van der Waals surface area contributed by atoms with Crippen molar-refractivity contribution in [3.05, 3.63) is 118 Å². The number of carbonyl (C=O) groups is 1. The first kappa shape index (κ1) is 20.6. The second-order valence-electron chi connectivity index (χ2n) is 6.77. The van der Waals surface area contributed by atoms with Crippen LogP contribution in [0.5, 0.6) is 5.75 Å². The van der Waals surface area contributed by atoms with Crippen LogP contribution in [0.25, 0.3) is 5.69 Å². The molecule has 6 heteroatoms.